The minimum atomic E-state index is 0.518. The number of nitrogens with zero attached hydrogens (tertiary/aromatic N) is 3. The van der Waals surface area contributed by atoms with E-state index in [1.807, 2.05) is 10.9 Å². The fraction of sp³-hybridized carbons (Fsp3) is 0.857. The Labute approximate surface area is 190 Å². The normalized spacial score (nSPS) is 43.6. The number of hydrogen-bond acceptors (Lipinski definition) is 2. The number of rotatable bonds is 3. The number of fused-ring (bicyclic) bond motifs is 5. The van der Waals surface area contributed by atoms with E-state index in [4.69, 9.17) is 5.26 Å². The van der Waals surface area contributed by atoms with Crippen molar-refractivity contribution < 1.29 is 0 Å². The summed E-state index contributed by atoms with van der Waals surface area (Å²) in [6, 6.07) is 2.23. The fourth-order valence-electron chi connectivity index (χ4n) is 9.44. The zero-order valence-electron chi connectivity index (χ0n) is 20.1. The second-order valence-electron chi connectivity index (χ2n) is 12.3. The van der Waals surface area contributed by atoms with Gasteiger partial charge in [0.15, 0.2) is 0 Å². The first-order valence-electron chi connectivity index (χ1n) is 13.4. The van der Waals surface area contributed by atoms with E-state index in [0.29, 0.717) is 16.9 Å². The van der Waals surface area contributed by atoms with Crippen molar-refractivity contribution in [1.29, 1.82) is 5.26 Å². The Morgan fingerprint density at radius 3 is 2.71 bits per heavy atom. The smallest absolute Gasteiger partial charge is 0.102 e. The molecule has 0 aromatic carbocycles. The largest absolute Gasteiger partial charge is 0.271 e. The summed E-state index contributed by atoms with van der Waals surface area (Å²) in [6.45, 7) is 8.60. The van der Waals surface area contributed by atoms with E-state index in [1.54, 1.807) is 6.20 Å². The van der Waals surface area contributed by atoms with Crippen LogP contribution in [0.5, 0.6) is 0 Å². The topological polar surface area (TPSA) is 41.6 Å². The van der Waals surface area contributed by atoms with Crippen LogP contribution in [0.3, 0.4) is 0 Å². The Bertz CT molecular complexity index is 805. The van der Waals surface area contributed by atoms with E-state index in [0.717, 1.165) is 48.0 Å². The standard InChI is InChI=1S/C28H43N3/c1-19-6-4-8-23-22(14-19)7-5-9-25-24(23)12-13-28(3)26(10-11-27(25)28)20(2)17-31-18-21(15-29)16-30-31/h16,18-20,22-27H,4-14,17H2,1-3H3/t19-,20+,22?,23-,24?,25+,26+,27?,28+/m0/s1. The molecule has 0 spiro atoms. The van der Waals surface area contributed by atoms with Crippen molar-refractivity contribution in [1.82, 2.24) is 9.78 Å². The van der Waals surface area contributed by atoms with Crippen molar-refractivity contribution in [3.05, 3.63) is 18.0 Å². The van der Waals surface area contributed by atoms with E-state index < -0.39 is 0 Å². The molecule has 1 heterocycles. The highest BCUT2D eigenvalue weighted by Gasteiger charge is 2.56. The number of hydrogen-bond donors (Lipinski definition) is 0. The lowest BCUT2D eigenvalue weighted by Crippen LogP contribution is -2.45. The lowest BCUT2D eigenvalue weighted by atomic mass is 9.53. The average molecular weight is 422 g/mol. The van der Waals surface area contributed by atoms with Gasteiger partial charge in [0.2, 0.25) is 0 Å². The summed E-state index contributed by atoms with van der Waals surface area (Å²) in [5, 5.41) is 13.6. The first kappa shape index (κ1) is 21.5. The molecule has 4 fully saturated rings. The fourth-order valence-corrected chi connectivity index (χ4v) is 9.44. The summed E-state index contributed by atoms with van der Waals surface area (Å²) < 4.78 is 2.02. The highest BCUT2D eigenvalue weighted by molar-refractivity contribution is 5.21. The van der Waals surface area contributed by atoms with Gasteiger partial charge in [0.25, 0.3) is 0 Å². The van der Waals surface area contributed by atoms with Gasteiger partial charge in [-0.05, 0) is 97.7 Å². The van der Waals surface area contributed by atoms with Gasteiger partial charge < -0.3 is 0 Å². The molecule has 0 radical (unpaired) electrons. The summed E-state index contributed by atoms with van der Waals surface area (Å²) in [4.78, 5) is 0. The molecule has 31 heavy (non-hydrogen) atoms. The minimum Gasteiger partial charge on any atom is -0.271 e. The zero-order chi connectivity index (χ0) is 21.6. The van der Waals surface area contributed by atoms with Gasteiger partial charge in [0.1, 0.15) is 6.07 Å². The molecule has 5 rings (SSSR count). The first-order chi connectivity index (χ1) is 15.0. The van der Waals surface area contributed by atoms with Crippen LogP contribution >= 0.6 is 0 Å². The minimum absolute atomic E-state index is 0.518. The van der Waals surface area contributed by atoms with E-state index in [2.05, 4.69) is 31.9 Å². The predicted octanol–water partition coefficient (Wildman–Crippen LogP) is 7.08. The van der Waals surface area contributed by atoms with Gasteiger partial charge in [-0.3, -0.25) is 4.68 Å². The molecule has 0 aliphatic heterocycles. The molecule has 1 aromatic rings. The highest BCUT2D eigenvalue weighted by Crippen LogP contribution is 2.64. The van der Waals surface area contributed by atoms with Crippen LogP contribution in [-0.2, 0) is 6.54 Å². The lowest BCUT2D eigenvalue weighted by Gasteiger charge is -2.52. The maximum atomic E-state index is 9.14. The zero-order valence-corrected chi connectivity index (χ0v) is 20.1. The number of nitriles is 1. The van der Waals surface area contributed by atoms with Crippen LogP contribution in [0.15, 0.2) is 12.4 Å². The van der Waals surface area contributed by atoms with Crippen LogP contribution in [0.1, 0.15) is 97.0 Å². The van der Waals surface area contributed by atoms with Gasteiger partial charge in [0, 0.05) is 12.7 Å². The monoisotopic (exact) mass is 421 g/mol. The van der Waals surface area contributed by atoms with Gasteiger partial charge in [0.05, 0.1) is 11.8 Å². The van der Waals surface area contributed by atoms with Gasteiger partial charge >= 0.3 is 0 Å². The summed E-state index contributed by atoms with van der Waals surface area (Å²) in [6.07, 6.45) is 20.0. The summed E-state index contributed by atoms with van der Waals surface area (Å²) >= 11 is 0. The Morgan fingerprint density at radius 1 is 1.10 bits per heavy atom. The molecule has 9 atom stereocenters. The van der Waals surface area contributed by atoms with Crippen molar-refractivity contribution >= 4 is 0 Å². The molecule has 1 aromatic heterocycles. The molecule has 0 saturated heterocycles. The second kappa shape index (κ2) is 8.57. The van der Waals surface area contributed by atoms with E-state index in [1.165, 1.54) is 70.6 Å². The molecule has 0 amide bonds. The van der Waals surface area contributed by atoms with Crippen LogP contribution in [0.25, 0.3) is 0 Å². The molecular weight excluding hydrogens is 378 g/mol. The summed E-state index contributed by atoms with van der Waals surface area (Å²) in [7, 11) is 0. The SMILES string of the molecule is C[C@H]1CCC[C@H]2C(CCC[C@@H]3C2CC[C@@]2(C)C3CC[C@@H]2[C@H](C)Cn2cc(C#N)cn2)C1. The van der Waals surface area contributed by atoms with Gasteiger partial charge in [-0.25, -0.2) is 0 Å². The lowest BCUT2D eigenvalue weighted by molar-refractivity contribution is -0.0302. The molecule has 170 valence electrons. The molecule has 3 heteroatoms. The second-order valence-corrected chi connectivity index (χ2v) is 12.3. The average Bonchev–Trinajstić information content (AvgIpc) is 3.23. The van der Waals surface area contributed by atoms with Crippen molar-refractivity contribution in [3.8, 4) is 6.07 Å². The Hall–Kier alpha value is -1.30. The van der Waals surface area contributed by atoms with Crippen LogP contribution in [0, 0.1) is 64.1 Å². The number of aromatic nitrogens is 2. The third kappa shape index (κ3) is 3.87. The van der Waals surface area contributed by atoms with Gasteiger partial charge in [-0.2, -0.15) is 10.4 Å². The molecule has 3 unspecified atom stereocenters. The maximum Gasteiger partial charge on any atom is 0.102 e. The van der Waals surface area contributed by atoms with Gasteiger partial charge in [-0.15, -0.1) is 0 Å². The van der Waals surface area contributed by atoms with Crippen molar-refractivity contribution in [2.24, 2.45) is 52.8 Å². The quantitative estimate of drug-likeness (QED) is 0.523. The van der Waals surface area contributed by atoms with Crippen molar-refractivity contribution in [2.45, 2.75) is 97.9 Å². The molecule has 0 bridgehead atoms. The maximum absolute atomic E-state index is 9.14. The van der Waals surface area contributed by atoms with E-state index in [9.17, 15) is 0 Å². The van der Waals surface area contributed by atoms with Crippen LogP contribution < -0.4 is 0 Å². The molecule has 0 N–H and O–H groups in total. The van der Waals surface area contributed by atoms with Crippen molar-refractivity contribution in [3.63, 3.8) is 0 Å². The van der Waals surface area contributed by atoms with E-state index >= 15 is 0 Å². The predicted molar refractivity (Wildman–Crippen MR) is 125 cm³/mol. The van der Waals surface area contributed by atoms with Crippen LogP contribution in [0.2, 0.25) is 0 Å². The highest BCUT2D eigenvalue weighted by atomic mass is 15.3. The molecule has 4 aliphatic carbocycles. The molecule has 4 aliphatic rings. The summed E-state index contributed by atoms with van der Waals surface area (Å²) in [5.41, 5.74) is 1.21. The Morgan fingerprint density at radius 2 is 1.90 bits per heavy atom. The molecular formula is C28H43N3. The van der Waals surface area contributed by atoms with Crippen LogP contribution in [0.4, 0.5) is 0 Å². The first-order valence-corrected chi connectivity index (χ1v) is 13.4. The Kier molecular flexibility index (Phi) is 5.95. The van der Waals surface area contributed by atoms with Crippen molar-refractivity contribution in [2.75, 3.05) is 0 Å². The van der Waals surface area contributed by atoms with E-state index in [-0.39, 0.29) is 0 Å². The molecule has 3 nitrogen and oxygen atoms in total. The Balaban J connectivity index is 1.33. The third-order valence-electron chi connectivity index (χ3n) is 10.7. The van der Waals surface area contributed by atoms with Gasteiger partial charge in [-0.1, -0.05) is 46.5 Å². The molecule has 4 saturated carbocycles. The summed E-state index contributed by atoms with van der Waals surface area (Å²) in [5.74, 6) is 7.43. The third-order valence-corrected chi connectivity index (χ3v) is 10.7. The van der Waals surface area contributed by atoms with Crippen LogP contribution in [-0.4, -0.2) is 9.78 Å².